The Balaban J connectivity index is 2.15. The fraction of sp³-hybridized carbons (Fsp3) is 0.500. The van der Waals surface area contributed by atoms with Gasteiger partial charge in [-0.15, -0.1) is 0 Å². The maximum atomic E-state index is 6.03. The number of hydrogen-bond donors (Lipinski definition) is 2. The highest BCUT2D eigenvalue weighted by molar-refractivity contribution is 6.33. The van der Waals surface area contributed by atoms with Crippen LogP contribution >= 0.6 is 11.6 Å². The predicted molar refractivity (Wildman–Crippen MR) is 69.9 cm³/mol. The molecule has 0 bridgehead atoms. The van der Waals surface area contributed by atoms with Crippen LogP contribution in [0.15, 0.2) is 6.20 Å². The quantitative estimate of drug-likeness (QED) is 0.766. The number of nitrogens with two attached hydrogens (primary N) is 1. The molecule has 1 aliphatic rings. The SMILES string of the molecule is C[C@H]1CNCCN1c1nc(N)nc2c(Cl)cnn12. The van der Waals surface area contributed by atoms with E-state index in [9.17, 15) is 0 Å². The topological polar surface area (TPSA) is 84.4 Å². The normalized spacial score (nSPS) is 20.6. The molecule has 7 nitrogen and oxygen atoms in total. The van der Waals surface area contributed by atoms with Crippen molar-refractivity contribution in [2.75, 3.05) is 30.3 Å². The number of aromatic nitrogens is 4. The third-order valence-corrected chi connectivity index (χ3v) is 3.35. The van der Waals surface area contributed by atoms with Crippen molar-refractivity contribution in [2.24, 2.45) is 0 Å². The molecule has 0 radical (unpaired) electrons. The minimum absolute atomic E-state index is 0.214. The van der Waals surface area contributed by atoms with Crippen LogP contribution in [-0.4, -0.2) is 45.3 Å². The Kier molecular flexibility index (Phi) is 2.71. The number of hydrogen-bond acceptors (Lipinski definition) is 6. The molecule has 3 N–H and O–H groups in total. The monoisotopic (exact) mass is 267 g/mol. The van der Waals surface area contributed by atoms with Gasteiger partial charge in [0.2, 0.25) is 11.9 Å². The lowest BCUT2D eigenvalue weighted by Gasteiger charge is -2.34. The lowest BCUT2D eigenvalue weighted by Crippen LogP contribution is -2.51. The van der Waals surface area contributed by atoms with Crippen LogP contribution < -0.4 is 16.0 Å². The molecule has 96 valence electrons. The van der Waals surface area contributed by atoms with Crippen LogP contribution in [0.5, 0.6) is 0 Å². The number of halogens is 1. The van der Waals surface area contributed by atoms with Gasteiger partial charge < -0.3 is 16.0 Å². The summed E-state index contributed by atoms with van der Waals surface area (Å²) in [5.41, 5.74) is 6.29. The third kappa shape index (κ3) is 1.75. The lowest BCUT2D eigenvalue weighted by atomic mass is 10.2. The van der Waals surface area contributed by atoms with Gasteiger partial charge in [-0.05, 0) is 6.92 Å². The van der Waals surface area contributed by atoms with Gasteiger partial charge in [0.05, 0.1) is 6.20 Å². The van der Waals surface area contributed by atoms with Gasteiger partial charge in [0.25, 0.3) is 0 Å². The van der Waals surface area contributed by atoms with Gasteiger partial charge in [0, 0.05) is 25.7 Å². The molecule has 18 heavy (non-hydrogen) atoms. The number of fused-ring (bicyclic) bond motifs is 1. The molecule has 8 heteroatoms. The van der Waals surface area contributed by atoms with Crippen LogP contribution in [0.25, 0.3) is 5.65 Å². The second kappa shape index (κ2) is 4.25. The predicted octanol–water partition coefficient (Wildman–Crippen LogP) is 0.158. The molecule has 0 unspecified atom stereocenters. The summed E-state index contributed by atoms with van der Waals surface area (Å²) in [5.74, 6) is 0.907. The van der Waals surface area contributed by atoms with Crippen molar-refractivity contribution in [2.45, 2.75) is 13.0 Å². The Morgan fingerprint density at radius 2 is 2.33 bits per heavy atom. The molecule has 3 rings (SSSR count). The van der Waals surface area contributed by atoms with Gasteiger partial charge in [0.1, 0.15) is 5.02 Å². The summed E-state index contributed by atoms with van der Waals surface area (Å²) in [6.07, 6.45) is 1.56. The van der Waals surface area contributed by atoms with E-state index in [1.54, 1.807) is 10.7 Å². The molecule has 2 aromatic heterocycles. The lowest BCUT2D eigenvalue weighted by molar-refractivity contribution is 0.488. The first-order valence-corrected chi connectivity index (χ1v) is 6.18. The van der Waals surface area contributed by atoms with E-state index in [2.05, 4.69) is 32.2 Å². The molecule has 1 atom stereocenters. The second-order valence-corrected chi connectivity index (χ2v) is 4.76. The number of piperazine rings is 1. The zero-order chi connectivity index (χ0) is 12.7. The Labute approximate surface area is 109 Å². The van der Waals surface area contributed by atoms with Crippen LogP contribution in [0.2, 0.25) is 5.02 Å². The average molecular weight is 268 g/mol. The van der Waals surface area contributed by atoms with Gasteiger partial charge in [-0.2, -0.15) is 19.6 Å². The van der Waals surface area contributed by atoms with Gasteiger partial charge >= 0.3 is 0 Å². The Morgan fingerprint density at radius 3 is 3.11 bits per heavy atom. The van der Waals surface area contributed by atoms with Crippen LogP contribution in [0.4, 0.5) is 11.9 Å². The van der Waals surface area contributed by atoms with E-state index < -0.39 is 0 Å². The molecular weight excluding hydrogens is 254 g/mol. The molecule has 1 saturated heterocycles. The van der Waals surface area contributed by atoms with Gasteiger partial charge in [-0.1, -0.05) is 11.6 Å². The molecule has 3 heterocycles. The largest absolute Gasteiger partial charge is 0.368 e. The molecule has 0 amide bonds. The highest BCUT2D eigenvalue weighted by Crippen LogP contribution is 2.22. The van der Waals surface area contributed by atoms with E-state index in [-0.39, 0.29) is 5.95 Å². The van der Waals surface area contributed by atoms with Crippen molar-refractivity contribution in [1.29, 1.82) is 0 Å². The Morgan fingerprint density at radius 1 is 1.50 bits per heavy atom. The summed E-state index contributed by atoms with van der Waals surface area (Å²) in [4.78, 5) is 10.6. The minimum atomic E-state index is 0.214. The maximum Gasteiger partial charge on any atom is 0.232 e. The summed E-state index contributed by atoms with van der Waals surface area (Å²) in [6, 6.07) is 0.319. The fourth-order valence-corrected chi connectivity index (χ4v) is 2.34. The first kappa shape index (κ1) is 11.5. The fourth-order valence-electron chi connectivity index (χ4n) is 2.18. The van der Waals surface area contributed by atoms with Crippen molar-refractivity contribution in [3.05, 3.63) is 11.2 Å². The summed E-state index contributed by atoms with van der Waals surface area (Å²) >= 11 is 6.03. The first-order chi connectivity index (χ1) is 8.66. The maximum absolute atomic E-state index is 6.03. The average Bonchev–Trinajstić information content (AvgIpc) is 2.71. The highest BCUT2D eigenvalue weighted by atomic mass is 35.5. The smallest absolute Gasteiger partial charge is 0.232 e. The second-order valence-electron chi connectivity index (χ2n) is 4.36. The number of nitrogens with zero attached hydrogens (tertiary/aromatic N) is 5. The molecular formula is C10H14ClN7. The number of nitrogens with one attached hydrogen (secondary N) is 1. The van der Waals surface area contributed by atoms with Crippen molar-refractivity contribution < 1.29 is 0 Å². The van der Waals surface area contributed by atoms with Crippen LogP contribution in [0.3, 0.4) is 0 Å². The molecule has 1 fully saturated rings. The minimum Gasteiger partial charge on any atom is -0.368 e. The van der Waals surface area contributed by atoms with Crippen molar-refractivity contribution in [3.8, 4) is 0 Å². The molecule has 0 aromatic carbocycles. The van der Waals surface area contributed by atoms with Crippen molar-refractivity contribution in [1.82, 2.24) is 24.9 Å². The van der Waals surface area contributed by atoms with Gasteiger partial charge in [-0.3, -0.25) is 0 Å². The first-order valence-electron chi connectivity index (χ1n) is 5.81. The molecule has 2 aromatic rings. The number of rotatable bonds is 1. The standard InChI is InChI=1S/C10H14ClN7/c1-6-4-13-2-3-17(6)10-16-9(12)15-8-7(11)5-14-18(8)10/h5-6,13H,2-4H2,1H3,(H2,12,15)/t6-/m0/s1. The summed E-state index contributed by atoms with van der Waals surface area (Å²) in [5, 5.41) is 8.02. The van der Waals surface area contributed by atoms with Crippen molar-refractivity contribution >= 4 is 29.1 Å². The third-order valence-electron chi connectivity index (χ3n) is 3.08. The Hall–Kier alpha value is -1.60. The zero-order valence-corrected chi connectivity index (χ0v) is 10.7. The molecule has 0 saturated carbocycles. The highest BCUT2D eigenvalue weighted by Gasteiger charge is 2.23. The van der Waals surface area contributed by atoms with E-state index in [4.69, 9.17) is 17.3 Å². The van der Waals surface area contributed by atoms with E-state index in [1.165, 1.54) is 0 Å². The number of nitrogen functional groups attached to an aromatic ring is 1. The van der Waals surface area contributed by atoms with E-state index in [1.807, 2.05) is 0 Å². The van der Waals surface area contributed by atoms with E-state index >= 15 is 0 Å². The zero-order valence-electron chi connectivity index (χ0n) is 9.97. The van der Waals surface area contributed by atoms with Crippen LogP contribution in [0, 0.1) is 0 Å². The molecule has 0 aliphatic carbocycles. The molecule has 0 spiro atoms. The van der Waals surface area contributed by atoms with Crippen molar-refractivity contribution in [3.63, 3.8) is 0 Å². The Bertz CT molecular complexity index is 581. The number of anilines is 2. The van der Waals surface area contributed by atoms with Gasteiger partial charge in [0.15, 0.2) is 5.65 Å². The summed E-state index contributed by atoms with van der Waals surface area (Å²) in [6.45, 7) is 4.79. The van der Waals surface area contributed by atoms with E-state index in [0.717, 1.165) is 19.6 Å². The summed E-state index contributed by atoms with van der Waals surface area (Å²) < 4.78 is 1.64. The summed E-state index contributed by atoms with van der Waals surface area (Å²) in [7, 11) is 0. The molecule has 1 aliphatic heterocycles. The van der Waals surface area contributed by atoms with Gasteiger partial charge in [-0.25, -0.2) is 0 Å². The van der Waals surface area contributed by atoms with Crippen LogP contribution in [-0.2, 0) is 0 Å². The van der Waals surface area contributed by atoms with E-state index in [0.29, 0.717) is 22.7 Å². The van der Waals surface area contributed by atoms with Crippen LogP contribution in [0.1, 0.15) is 6.92 Å².